The maximum atomic E-state index is 13.0. The molecule has 0 saturated carbocycles. The third kappa shape index (κ3) is 3.64. The van der Waals surface area contributed by atoms with E-state index >= 15 is 0 Å². The molecule has 9 nitrogen and oxygen atoms in total. The van der Waals surface area contributed by atoms with Gasteiger partial charge in [-0.15, -0.1) is 0 Å². The predicted octanol–water partition coefficient (Wildman–Crippen LogP) is 4.87. The number of anilines is 1. The molecule has 0 bridgehead atoms. The largest absolute Gasteiger partial charge is 0.508 e. The number of nitrogens with two attached hydrogens (primary N) is 1. The minimum Gasteiger partial charge on any atom is -0.508 e. The molecule has 0 fully saturated rings. The van der Waals surface area contributed by atoms with E-state index in [0.29, 0.717) is 33.4 Å². The van der Waals surface area contributed by atoms with Crippen molar-refractivity contribution in [2.75, 3.05) is 5.73 Å². The summed E-state index contributed by atoms with van der Waals surface area (Å²) in [5.74, 6) is 0.326. The third-order valence-corrected chi connectivity index (χ3v) is 6.37. The van der Waals surface area contributed by atoms with Gasteiger partial charge in [0.2, 0.25) is 0 Å². The van der Waals surface area contributed by atoms with Gasteiger partial charge in [-0.1, -0.05) is 48.5 Å². The van der Waals surface area contributed by atoms with Gasteiger partial charge in [-0.05, 0) is 30.7 Å². The Balaban J connectivity index is 1.65. The van der Waals surface area contributed by atoms with Crippen LogP contribution in [0.4, 0.5) is 5.82 Å². The second-order valence-corrected chi connectivity index (χ2v) is 8.71. The number of aromatic nitrogens is 4. The van der Waals surface area contributed by atoms with E-state index in [4.69, 9.17) is 15.2 Å². The summed E-state index contributed by atoms with van der Waals surface area (Å²) in [4.78, 5) is 21.6. The highest BCUT2D eigenvalue weighted by atomic mass is 16.4. The molecular formula is C28H21N5O4. The molecule has 4 N–H and O–H groups in total. The number of fused-ring (bicyclic) bond motifs is 2. The second kappa shape index (κ2) is 8.49. The fourth-order valence-corrected chi connectivity index (χ4v) is 4.72. The van der Waals surface area contributed by atoms with Gasteiger partial charge >= 0.3 is 5.63 Å². The molecule has 0 aliphatic rings. The molecule has 6 rings (SSSR count). The Morgan fingerprint density at radius 2 is 1.57 bits per heavy atom. The van der Waals surface area contributed by atoms with Gasteiger partial charge in [0.1, 0.15) is 41.1 Å². The summed E-state index contributed by atoms with van der Waals surface area (Å²) in [7, 11) is 0. The molecular weight excluding hydrogens is 470 g/mol. The van der Waals surface area contributed by atoms with E-state index in [9.17, 15) is 15.0 Å². The van der Waals surface area contributed by atoms with E-state index in [1.54, 1.807) is 16.8 Å². The van der Waals surface area contributed by atoms with Crippen molar-refractivity contribution in [1.82, 2.24) is 19.7 Å². The van der Waals surface area contributed by atoms with Gasteiger partial charge in [0, 0.05) is 22.6 Å². The lowest BCUT2D eigenvalue weighted by Gasteiger charge is -2.18. The number of hydrogen-bond donors (Lipinski definition) is 3. The molecule has 0 aliphatic carbocycles. The van der Waals surface area contributed by atoms with Gasteiger partial charge in [0.15, 0.2) is 5.65 Å². The quantitative estimate of drug-likeness (QED) is 0.317. The van der Waals surface area contributed by atoms with Crippen molar-refractivity contribution >= 4 is 27.6 Å². The summed E-state index contributed by atoms with van der Waals surface area (Å²) >= 11 is 0. The molecule has 6 aromatic rings. The molecule has 0 amide bonds. The topological polar surface area (TPSA) is 140 Å². The van der Waals surface area contributed by atoms with E-state index in [1.165, 1.54) is 24.5 Å². The molecule has 0 spiro atoms. The third-order valence-electron chi connectivity index (χ3n) is 6.37. The molecule has 1 atom stereocenters. The standard InChI is InChI=1S/C28H21N5O4/c1-15(25-22(16-7-3-2-4-8-16)20-9-5-6-10-21(20)28(36)37-25)33-27-23(26(29)30-14-31-27)24(32-33)17-11-18(34)13-19(35)12-17/h2-15,34-35H,1H3,(H2,29,30,31). The van der Waals surface area contributed by atoms with E-state index in [1.807, 2.05) is 49.4 Å². The molecule has 37 heavy (non-hydrogen) atoms. The van der Waals surface area contributed by atoms with Crippen molar-refractivity contribution in [3.05, 3.63) is 95.3 Å². The Morgan fingerprint density at radius 3 is 2.30 bits per heavy atom. The summed E-state index contributed by atoms with van der Waals surface area (Å²) in [6, 6.07) is 20.6. The van der Waals surface area contributed by atoms with Crippen molar-refractivity contribution in [1.29, 1.82) is 0 Å². The van der Waals surface area contributed by atoms with Gasteiger partial charge in [-0.2, -0.15) is 5.10 Å². The maximum Gasteiger partial charge on any atom is 0.343 e. The number of rotatable bonds is 4. The van der Waals surface area contributed by atoms with Crippen LogP contribution in [-0.4, -0.2) is 30.0 Å². The molecule has 0 radical (unpaired) electrons. The Labute approximate surface area is 210 Å². The van der Waals surface area contributed by atoms with Crippen LogP contribution >= 0.6 is 0 Å². The average Bonchev–Trinajstić information content (AvgIpc) is 3.29. The summed E-state index contributed by atoms with van der Waals surface area (Å²) in [6.07, 6.45) is 1.33. The van der Waals surface area contributed by atoms with Crippen molar-refractivity contribution in [3.8, 4) is 33.9 Å². The Bertz CT molecular complexity index is 1840. The minimum atomic E-state index is -0.594. The van der Waals surface area contributed by atoms with Crippen LogP contribution in [0.5, 0.6) is 11.5 Å². The minimum absolute atomic E-state index is 0.131. The first kappa shape index (κ1) is 22.3. The normalized spacial score (nSPS) is 12.2. The first-order chi connectivity index (χ1) is 17.9. The molecule has 182 valence electrons. The van der Waals surface area contributed by atoms with Gasteiger partial charge < -0.3 is 20.4 Å². The van der Waals surface area contributed by atoms with Crippen molar-refractivity contribution < 1.29 is 14.6 Å². The maximum absolute atomic E-state index is 13.0. The van der Waals surface area contributed by atoms with Crippen molar-refractivity contribution in [2.45, 2.75) is 13.0 Å². The van der Waals surface area contributed by atoms with Gasteiger partial charge in [-0.3, -0.25) is 0 Å². The fraction of sp³-hybridized carbons (Fsp3) is 0.0714. The first-order valence-electron chi connectivity index (χ1n) is 11.6. The average molecular weight is 492 g/mol. The highest BCUT2D eigenvalue weighted by molar-refractivity contribution is 5.99. The smallest absolute Gasteiger partial charge is 0.343 e. The number of aromatic hydroxyl groups is 2. The van der Waals surface area contributed by atoms with Crippen LogP contribution < -0.4 is 11.4 Å². The first-order valence-corrected chi connectivity index (χ1v) is 11.6. The lowest BCUT2D eigenvalue weighted by molar-refractivity contribution is 0.405. The Hall–Kier alpha value is -5.18. The Kier molecular flexibility index (Phi) is 5.11. The van der Waals surface area contributed by atoms with Gasteiger partial charge in [-0.25, -0.2) is 19.4 Å². The summed E-state index contributed by atoms with van der Waals surface area (Å²) in [6.45, 7) is 1.86. The van der Waals surface area contributed by atoms with Crippen molar-refractivity contribution in [2.24, 2.45) is 0 Å². The Morgan fingerprint density at radius 1 is 0.892 bits per heavy atom. The molecule has 3 heterocycles. The van der Waals surface area contributed by atoms with Crippen LogP contribution in [0.2, 0.25) is 0 Å². The van der Waals surface area contributed by atoms with Crippen LogP contribution in [0.15, 0.2) is 88.3 Å². The van der Waals surface area contributed by atoms with Crippen molar-refractivity contribution in [3.63, 3.8) is 0 Å². The summed E-state index contributed by atoms with van der Waals surface area (Å²) in [5, 5.41) is 26.6. The van der Waals surface area contributed by atoms with Crippen LogP contribution in [0.3, 0.4) is 0 Å². The van der Waals surface area contributed by atoms with E-state index in [2.05, 4.69) is 9.97 Å². The van der Waals surface area contributed by atoms with Crippen LogP contribution in [0, 0.1) is 0 Å². The second-order valence-electron chi connectivity index (χ2n) is 8.71. The zero-order valence-corrected chi connectivity index (χ0v) is 19.7. The van der Waals surface area contributed by atoms with Crippen LogP contribution in [0.1, 0.15) is 18.7 Å². The van der Waals surface area contributed by atoms with E-state index < -0.39 is 11.7 Å². The molecule has 0 aliphatic heterocycles. The SMILES string of the molecule is CC(c1oc(=O)c2ccccc2c1-c1ccccc1)n1nc(-c2cc(O)cc(O)c2)c2c(N)ncnc21. The number of nitrogens with zero attached hydrogens (tertiary/aromatic N) is 4. The zero-order chi connectivity index (χ0) is 25.7. The van der Waals surface area contributed by atoms with Gasteiger partial charge in [0.25, 0.3) is 0 Å². The number of benzene rings is 3. The number of phenols is 2. The monoisotopic (exact) mass is 491 g/mol. The zero-order valence-electron chi connectivity index (χ0n) is 19.7. The molecule has 0 saturated heterocycles. The predicted molar refractivity (Wildman–Crippen MR) is 140 cm³/mol. The lowest BCUT2D eigenvalue weighted by atomic mass is 9.96. The molecule has 1 unspecified atom stereocenters. The highest BCUT2D eigenvalue weighted by Gasteiger charge is 2.26. The number of hydrogen-bond acceptors (Lipinski definition) is 8. The van der Waals surface area contributed by atoms with E-state index in [-0.39, 0.29) is 17.3 Å². The lowest BCUT2D eigenvalue weighted by Crippen LogP contribution is -2.14. The fourth-order valence-electron chi connectivity index (χ4n) is 4.72. The molecule has 3 aromatic heterocycles. The van der Waals surface area contributed by atoms with Crippen LogP contribution in [0.25, 0.3) is 44.2 Å². The van der Waals surface area contributed by atoms with E-state index in [0.717, 1.165) is 16.5 Å². The summed E-state index contributed by atoms with van der Waals surface area (Å²) < 4.78 is 7.57. The number of nitrogen functional groups attached to an aromatic ring is 1. The number of phenolic OH excluding ortho intramolecular Hbond substituents is 2. The molecule has 3 aromatic carbocycles. The van der Waals surface area contributed by atoms with Crippen LogP contribution in [-0.2, 0) is 0 Å². The highest BCUT2D eigenvalue weighted by Crippen LogP contribution is 2.39. The van der Waals surface area contributed by atoms with Gasteiger partial charge in [0.05, 0.1) is 10.8 Å². The molecule has 9 heteroatoms. The summed E-state index contributed by atoms with van der Waals surface area (Å²) in [5.41, 5.74) is 8.64.